The summed E-state index contributed by atoms with van der Waals surface area (Å²) in [4.78, 5) is 27.0. The number of cyclic esters (lactones) is 1. The van der Waals surface area contributed by atoms with Gasteiger partial charge in [-0.25, -0.2) is 9.69 Å². The molecule has 0 aromatic heterocycles. The summed E-state index contributed by atoms with van der Waals surface area (Å²) in [6.07, 6.45) is -1.66. The van der Waals surface area contributed by atoms with Gasteiger partial charge in [0, 0.05) is 11.8 Å². The minimum Gasteiger partial charge on any atom is -0.497 e. The molecule has 2 saturated heterocycles. The van der Waals surface area contributed by atoms with Crippen LogP contribution in [0, 0.1) is 17.8 Å². The fourth-order valence-electron chi connectivity index (χ4n) is 5.02. The first-order valence-electron chi connectivity index (χ1n) is 13.0. The van der Waals surface area contributed by atoms with E-state index in [1.54, 1.807) is 14.0 Å². The van der Waals surface area contributed by atoms with Crippen molar-refractivity contribution in [3.63, 3.8) is 0 Å². The Kier molecular flexibility index (Phi) is 9.38. The second-order valence-electron chi connectivity index (χ2n) is 10.1. The molecule has 0 unspecified atom stereocenters. The molecule has 206 valence electrons. The lowest BCUT2D eigenvalue weighted by Gasteiger charge is -2.40. The van der Waals surface area contributed by atoms with Crippen LogP contribution in [0.15, 0.2) is 54.6 Å². The maximum Gasteiger partial charge on any atom is 0.416 e. The monoisotopic (exact) mass is 527 g/mol. The van der Waals surface area contributed by atoms with E-state index in [-0.39, 0.29) is 19.1 Å². The topological polar surface area (TPSA) is 104 Å². The van der Waals surface area contributed by atoms with Crippen LogP contribution in [0.4, 0.5) is 4.79 Å². The van der Waals surface area contributed by atoms with Crippen LogP contribution in [-0.4, -0.2) is 67.1 Å². The molecule has 1 N–H and O–H groups in total. The van der Waals surface area contributed by atoms with Gasteiger partial charge in [0.2, 0.25) is 5.91 Å². The molecule has 2 aromatic rings. The fraction of sp³-hybridized carbons (Fsp3) is 0.517. The number of aliphatic hydroxyl groups is 1. The van der Waals surface area contributed by atoms with Gasteiger partial charge in [-0.1, -0.05) is 63.2 Å². The molecule has 2 amide bonds. The normalized spacial score (nSPS) is 25.9. The minimum absolute atomic E-state index is 0.0367. The number of amides is 2. The van der Waals surface area contributed by atoms with Crippen molar-refractivity contribution in [2.75, 3.05) is 20.3 Å². The van der Waals surface area contributed by atoms with E-state index < -0.39 is 48.6 Å². The SMILES string of the molecule is COc1ccc(CO[C@H]2OC[C@H](C)[C@@H]([C@@H](C)[C@H](O)[C@@H](C)C(=O)N3C(=O)OC[C@H]3Cc3ccccc3)O2)cc1. The summed E-state index contributed by atoms with van der Waals surface area (Å²) < 4.78 is 28.0. The molecule has 0 saturated carbocycles. The predicted molar refractivity (Wildman–Crippen MR) is 138 cm³/mol. The molecule has 9 nitrogen and oxygen atoms in total. The third-order valence-electron chi connectivity index (χ3n) is 7.34. The first-order valence-corrected chi connectivity index (χ1v) is 13.0. The summed E-state index contributed by atoms with van der Waals surface area (Å²) in [6.45, 7) is 5.33. The lowest BCUT2D eigenvalue weighted by Crippen LogP contribution is -2.51. The molecule has 38 heavy (non-hydrogen) atoms. The number of hydrogen-bond donors (Lipinski definition) is 1. The Morgan fingerprint density at radius 3 is 2.47 bits per heavy atom. The van der Waals surface area contributed by atoms with E-state index in [0.717, 1.165) is 21.8 Å². The summed E-state index contributed by atoms with van der Waals surface area (Å²) >= 11 is 0. The van der Waals surface area contributed by atoms with Crippen LogP contribution in [0.2, 0.25) is 0 Å². The summed E-state index contributed by atoms with van der Waals surface area (Å²) in [7, 11) is 1.61. The van der Waals surface area contributed by atoms with Gasteiger partial charge in [0.05, 0.1) is 44.5 Å². The largest absolute Gasteiger partial charge is 0.497 e. The Morgan fingerprint density at radius 1 is 1.08 bits per heavy atom. The predicted octanol–water partition coefficient (Wildman–Crippen LogP) is 3.77. The van der Waals surface area contributed by atoms with Gasteiger partial charge in [-0.15, -0.1) is 0 Å². The highest BCUT2D eigenvalue weighted by molar-refractivity contribution is 5.95. The highest BCUT2D eigenvalue weighted by Crippen LogP contribution is 2.31. The maximum absolute atomic E-state index is 13.4. The number of carbonyl (C=O) groups excluding carboxylic acids is 2. The zero-order valence-corrected chi connectivity index (χ0v) is 22.3. The smallest absolute Gasteiger partial charge is 0.416 e. The molecule has 0 radical (unpaired) electrons. The van der Waals surface area contributed by atoms with Crippen LogP contribution in [0.25, 0.3) is 0 Å². The molecule has 0 spiro atoms. The van der Waals surface area contributed by atoms with Crippen LogP contribution >= 0.6 is 0 Å². The van der Waals surface area contributed by atoms with Crippen molar-refractivity contribution in [1.29, 1.82) is 0 Å². The molecule has 0 bridgehead atoms. The Morgan fingerprint density at radius 2 is 1.79 bits per heavy atom. The molecule has 2 fully saturated rings. The minimum atomic E-state index is -1.05. The van der Waals surface area contributed by atoms with Crippen LogP contribution in [-0.2, 0) is 36.8 Å². The Labute approximate surface area is 223 Å². The number of benzene rings is 2. The summed E-state index contributed by atoms with van der Waals surface area (Å²) in [5.41, 5.74) is 1.93. The molecular weight excluding hydrogens is 490 g/mol. The molecule has 2 aliphatic rings. The Hall–Kier alpha value is -2.98. The van der Waals surface area contributed by atoms with E-state index in [9.17, 15) is 14.7 Å². The van der Waals surface area contributed by atoms with Crippen LogP contribution in [0.3, 0.4) is 0 Å². The number of rotatable bonds is 10. The van der Waals surface area contributed by atoms with Crippen molar-refractivity contribution in [3.05, 3.63) is 65.7 Å². The van der Waals surface area contributed by atoms with Crippen molar-refractivity contribution in [2.45, 2.75) is 58.5 Å². The molecular formula is C29H37NO8. The molecule has 4 rings (SSSR count). The van der Waals surface area contributed by atoms with Crippen LogP contribution in [0.5, 0.6) is 5.75 Å². The quantitative estimate of drug-likeness (QED) is 0.498. The highest BCUT2D eigenvalue weighted by Gasteiger charge is 2.44. The van der Waals surface area contributed by atoms with Gasteiger partial charge in [0.15, 0.2) is 0 Å². The van der Waals surface area contributed by atoms with Crippen LogP contribution < -0.4 is 4.74 Å². The molecule has 2 aromatic carbocycles. The standard InChI is InChI=1S/C29H37NO8/c1-18-15-36-29(37-16-22-10-12-24(34-4)13-11-22)38-26(18)19(2)25(31)20(3)27(32)30-23(17-35-28(30)33)14-21-8-6-5-7-9-21/h5-13,18-20,23,25-26,29,31H,14-17H2,1-4H3/t18-,19-,20+,23+,25-,26-,29+/m0/s1. The van der Waals surface area contributed by atoms with Gasteiger partial charge < -0.3 is 28.8 Å². The average molecular weight is 528 g/mol. The third-order valence-corrected chi connectivity index (χ3v) is 7.34. The van der Waals surface area contributed by atoms with Crippen molar-refractivity contribution < 1.29 is 38.4 Å². The molecule has 0 aliphatic carbocycles. The molecule has 7 atom stereocenters. The zero-order chi connectivity index (χ0) is 27.2. The number of nitrogens with zero attached hydrogens (tertiary/aromatic N) is 1. The van der Waals surface area contributed by atoms with Gasteiger partial charge in [-0.3, -0.25) is 4.79 Å². The van der Waals surface area contributed by atoms with Gasteiger partial charge >= 0.3 is 6.09 Å². The number of hydrogen-bond acceptors (Lipinski definition) is 8. The van der Waals surface area contributed by atoms with Crippen molar-refractivity contribution in [3.8, 4) is 5.75 Å². The average Bonchev–Trinajstić information content (AvgIpc) is 3.31. The lowest BCUT2D eigenvalue weighted by molar-refractivity contribution is -0.356. The maximum atomic E-state index is 13.4. The number of carbonyl (C=O) groups is 2. The summed E-state index contributed by atoms with van der Waals surface area (Å²) in [5.74, 6) is -1.00. The van der Waals surface area contributed by atoms with Gasteiger partial charge in [-0.05, 0) is 29.7 Å². The fourth-order valence-corrected chi connectivity index (χ4v) is 5.02. The van der Waals surface area contributed by atoms with E-state index in [4.69, 9.17) is 23.7 Å². The second kappa shape index (κ2) is 12.7. The van der Waals surface area contributed by atoms with Crippen molar-refractivity contribution >= 4 is 12.0 Å². The first kappa shape index (κ1) is 28.0. The van der Waals surface area contributed by atoms with E-state index >= 15 is 0 Å². The first-order chi connectivity index (χ1) is 18.3. The highest BCUT2D eigenvalue weighted by atomic mass is 16.9. The third kappa shape index (κ3) is 6.53. The molecule has 9 heteroatoms. The number of imide groups is 1. The van der Waals surface area contributed by atoms with Crippen LogP contribution in [0.1, 0.15) is 31.9 Å². The van der Waals surface area contributed by atoms with Gasteiger partial charge in [-0.2, -0.15) is 0 Å². The van der Waals surface area contributed by atoms with Crippen molar-refractivity contribution in [1.82, 2.24) is 4.90 Å². The number of methoxy groups -OCH3 is 1. The summed E-state index contributed by atoms with van der Waals surface area (Å²) in [5, 5.41) is 11.2. The van der Waals surface area contributed by atoms with E-state index in [0.29, 0.717) is 13.0 Å². The zero-order valence-electron chi connectivity index (χ0n) is 22.3. The summed E-state index contributed by atoms with van der Waals surface area (Å²) in [6, 6.07) is 16.7. The van der Waals surface area contributed by atoms with Crippen molar-refractivity contribution in [2.24, 2.45) is 17.8 Å². The Bertz CT molecular complexity index is 1060. The molecule has 2 aliphatic heterocycles. The second-order valence-corrected chi connectivity index (χ2v) is 10.1. The van der Waals surface area contributed by atoms with E-state index in [2.05, 4.69) is 0 Å². The van der Waals surface area contributed by atoms with Gasteiger partial charge in [0.25, 0.3) is 6.48 Å². The Balaban J connectivity index is 1.36. The van der Waals surface area contributed by atoms with E-state index in [1.807, 2.05) is 68.4 Å². The number of aliphatic hydroxyl groups excluding tert-OH is 1. The number of ether oxygens (including phenoxy) is 5. The van der Waals surface area contributed by atoms with E-state index in [1.165, 1.54) is 0 Å². The lowest BCUT2D eigenvalue weighted by atomic mass is 9.83. The van der Waals surface area contributed by atoms with Gasteiger partial charge in [0.1, 0.15) is 12.4 Å². The molecule has 2 heterocycles.